The summed E-state index contributed by atoms with van der Waals surface area (Å²) in [5.41, 5.74) is 2.93. The minimum atomic E-state index is -0.860. The number of benzene rings is 1. The smallest absolute Gasteiger partial charge is 0.335 e. The molecule has 2 rings (SSSR count). The Morgan fingerprint density at radius 2 is 1.94 bits per heavy atom. The Kier molecular flexibility index (Phi) is 3.09. The van der Waals surface area contributed by atoms with E-state index in [-0.39, 0.29) is 0 Å². The van der Waals surface area contributed by atoms with Gasteiger partial charge in [-0.2, -0.15) is 0 Å². The zero-order valence-corrected chi connectivity index (χ0v) is 11.5. The van der Waals surface area contributed by atoms with Crippen LogP contribution in [0.1, 0.15) is 36.7 Å². The maximum atomic E-state index is 10.9. The van der Waals surface area contributed by atoms with Gasteiger partial charge in [-0.15, -0.1) is 0 Å². The number of rotatable bonds is 2. The standard InChI is InChI=1S/C15H21NO2/c1-10-7-11(14(17)18)5-6-13(10)16-8-12(9-16)15(2,3)4/h5-7,12H,8-9H2,1-4H3,(H,17,18). The number of carboxylic acids is 1. The highest BCUT2D eigenvalue weighted by atomic mass is 16.4. The van der Waals surface area contributed by atoms with Crippen LogP contribution in [0, 0.1) is 18.3 Å². The molecular weight excluding hydrogens is 226 g/mol. The van der Waals surface area contributed by atoms with Gasteiger partial charge in [0.15, 0.2) is 0 Å². The van der Waals surface area contributed by atoms with Crippen LogP contribution in [-0.4, -0.2) is 24.2 Å². The average Bonchev–Trinajstić information content (AvgIpc) is 2.15. The maximum Gasteiger partial charge on any atom is 0.335 e. The minimum Gasteiger partial charge on any atom is -0.478 e. The molecule has 1 saturated heterocycles. The van der Waals surface area contributed by atoms with Crippen molar-refractivity contribution in [3.05, 3.63) is 29.3 Å². The quantitative estimate of drug-likeness (QED) is 0.872. The zero-order chi connectivity index (χ0) is 13.5. The number of aromatic carboxylic acids is 1. The number of aryl methyl sites for hydroxylation is 1. The fourth-order valence-corrected chi connectivity index (χ4v) is 2.37. The van der Waals surface area contributed by atoms with E-state index in [2.05, 4.69) is 25.7 Å². The van der Waals surface area contributed by atoms with Crippen LogP contribution in [0.15, 0.2) is 18.2 Å². The lowest BCUT2D eigenvalue weighted by molar-refractivity contribution is 0.0697. The van der Waals surface area contributed by atoms with Crippen LogP contribution in [0.2, 0.25) is 0 Å². The molecule has 1 aliphatic rings. The molecule has 0 radical (unpaired) electrons. The van der Waals surface area contributed by atoms with E-state index in [0.717, 1.165) is 24.6 Å². The van der Waals surface area contributed by atoms with E-state index >= 15 is 0 Å². The molecule has 3 nitrogen and oxygen atoms in total. The molecule has 0 unspecified atom stereocenters. The van der Waals surface area contributed by atoms with Crippen molar-refractivity contribution < 1.29 is 9.90 Å². The monoisotopic (exact) mass is 247 g/mol. The number of anilines is 1. The molecule has 0 saturated carbocycles. The van der Waals surface area contributed by atoms with E-state index in [4.69, 9.17) is 5.11 Å². The molecule has 1 aliphatic heterocycles. The van der Waals surface area contributed by atoms with Gasteiger partial charge >= 0.3 is 5.97 Å². The fourth-order valence-electron chi connectivity index (χ4n) is 2.37. The highest BCUT2D eigenvalue weighted by molar-refractivity contribution is 5.88. The molecular formula is C15H21NO2. The first-order valence-electron chi connectivity index (χ1n) is 6.38. The van der Waals surface area contributed by atoms with Crippen LogP contribution in [-0.2, 0) is 0 Å². The Morgan fingerprint density at radius 3 is 2.39 bits per heavy atom. The number of nitrogens with zero attached hydrogens (tertiary/aromatic N) is 1. The van der Waals surface area contributed by atoms with E-state index in [9.17, 15) is 4.79 Å². The van der Waals surface area contributed by atoms with Crippen molar-refractivity contribution in [3.63, 3.8) is 0 Å². The lowest BCUT2D eigenvalue weighted by Crippen LogP contribution is -2.52. The average molecular weight is 247 g/mol. The van der Waals surface area contributed by atoms with Crippen LogP contribution < -0.4 is 4.90 Å². The summed E-state index contributed by atoms with van der Waals surface area (Å²) in [6.45, 7) is 10.9. The van der Waals surface area contributed by atoms with Crippen LogP contribution in [0.4, 0.5) is 5.69 Å². The topological polar surface area (TPSA) is 40.5 Å². The van der Waals surface area contributed by atoms with Gasteiger partial charge in [0.2, 0.25) is 0 Å². The number of carbonyl (C=O) groups is 1. The normalized spacial score (nSPS) is 16.6. The Bertz CT molecular complexity index is 468. The highest BCUT2D eigenvalue weighted by Gasteiger charge is 2.36. The summed E-state index contributed by atoms with van der Waals surface area (Å²) < 4.78 is 0. The predicted octanol–water partition coefficient (Wildman–Crippen LogP) is 3.18. The van der Waals surface area contributed by atoms with Crippen molar-refractivity contribution in [2.45, 2.75) is 27.7 Å². The summed E-state index contributed by atoms with van der Waals surface area (Å²) in [7, 11) is 0. The molecule has 3 heteroatoms. The van der Waals surface area contributed by atoms with Gasteiger partial charge in [0, 0.05) is 18.8 Å². The summed E-state index contributed by atoms with van der Waals surface area (Å²) in [5.74, 6) is -0.142. The molecule has 0 aromatic heterocycles. The Balaban J connectivity index is 2.11. The van der Waals surface area contributed by atoms with Crippen LogP contribution >= 0.6 is 0 Å². The van der Waals surface area contributed by atoms with Crippen molar-refractivity contribution in [1.82, 2.24) is 0 Å². The Labute approximate surface area is 108 Å². The predicted molar refractivity (Wildman–Crippen MR) is 73.3 cm³/mol. The Morgan fingerprint density at radius 1 is 1.33 bits per heavy atom. The largest absolute Gasteiger partial charge is 0.478 e. The molecule has 1 heterocycles. The molecule has 1 N–H and O–H groups in total. The molecule has 0 atom stereocenters. The van der Waals surface area contributed by atoms with Crippen LogP contribution in [0.3, 0.4) is 0 Å². The molecule has 98 valence electrons. The molecule has 0 amide bonds. The first-order valence-corrected chi connectivity index (χ1v) is 6.38. The second-order valence-electron chi connectivity index (χ2n) is 6.27. The second-order valence-corrected chi connectivity index (χ2v) is 6.27. The lowest BCUT2D eigenvalue weighted by atomic mass is 9.75. The second kappa shape index (κ2) is 4.30. The van der Waals surface area contributed by atoms with Crippen molar-refractivity contribution in [3.8, 4) is 0 Å². The lowest BCUT2D eigenvalue weighted by Gasteiger charge is -2.48. The van der Waals surface area contributed by atoms with E-state index < -0.39 is 5.97 Å². The van der Waals surface area contributed by atoms with Crippen molar-refractivity contribution >= 4 is 11.7 Å². The third-order valence-corrected chi connectivity index (χ3v) is 3.89. The van der Waals surface area contributed by atoms with Gasteiger partial charge in [-0.05, 0) is 42.0 Å². The molecule has 0 aliphatic carbocycles. The summed E-state index contributed by atoms with van der Waals surface area (Å²) in [5, 5.41) is 8.95. The highest BCUT2D eigenvalue weighted by Crippen LogP contribution is 2.37. The first-order chi connectivity index (χ1) is 8.29. The molecule has 0 bridgehead atoms. The van der Waals surface area contributed by atoms with E-state index in [0.29, 0.717) is 11.0 Å². The fraction of sp³-hybridized carbons (Fsp3) is 0.533. The van der Waals surface area contributed by atoms with Gasteiger partial charge in [-0.3, -0.25) is 0 Å². The number of carboxylic acid groups (broad SMARTS) is 1. The van der Waals surface area contributed by atoms with Gasteiger partial charge in [0.25, 0.3) is 0 Å². The minimum absolute atomic E-state index is 0.353. The summed E-state index contributed by atoms with van der Waals surface area (Å²) in [4.78, 5) is 13.2. The van der Waals surface area contributed by atoms with Crippen LogP contribution in [0.25, 0.3) is 0 Å². The Hall–Kier alpha value is -1.51. The summed E-state index contributed by atoms with van der Waals surface area (Å²) >= 11 is 0. The SMILES string of the molecule is Cc1cc(C(=O)O)ccc1N1CC(C(C)(C)C)C1. The third-order valence-electron chi connectivity index (χ3n) is 3.89. The van der Waals surface area contributed by atoms with Crippen molar-refractivity contribution in [2.75, 3.05) is 18.0 Å². The molecule has 0 spiro atoms. The zero-order valence-electron chi connectivity index (χ0n) is 11.5. The number of hydrogen-bond acceptors (Lipinski definition) is 2. The van der Waals surface area contributed by atoms with Gasteiger partial charge in [-0.25, -0.2) is 4.79 Å². The van der Waals surface area contributed by atoms with E-state index in [1.807, 2.05) is 13.0 Å². The third kappa shape index (κ3) is 2.35. The van der Waals surface area contributed by atoms with Gasteiger partial charge in [0.1, 0.15) is 0 Å². The van der Waals surface area contributed by atoms with Gasteiger partial charge in [-0.1, -0.05) is 20.8 Å². The first kappa shape index (κ1) is 12.9. The number of hydrogen-bond donors (Lipinski definition) is 1. The summed E-state index contributed by atoms with van der Waals surface area (Å²) in [6, 6.07) is 5.37. The van der Waals surface area contributed by atoms with Crippen LogP contribution in [0.5, 0.6) is 0 Å². The van der Waals surface area contributed by atoms with E-state index in [1.54, 1.807) is 12.1 Å². The van der Waals surface area contributed by atoms with Crippen molar-refractivity contribution in [1.29, 1.82) is 0 Å². The molecule has 1 aromatic rings. The van der Waals surface area contributed by atoms with Gasteiger partial charge in [0.05, 0.1) is 5.56 Å². The maximum absolute atomic E-state index is 10.9. The molecule has 1 aromatic carbocycles. The van der Waals surface area contributed by atoms with E-state index in [1.165, 1.54) is 5.69 Å². The van der Waals surface area contributed by atoms with Gasteiger partial charge < -0.3 is 10.0 Å². The summed E-state index contributed by atoms with van der Waals surface area (Å²) in [6.07, 6.45) is 0. The molecule has 1 fully saturated rings. The molecule has 18 heavy (non-hydrogen) atoms. The van der Waals surface area contributed by atoms with Crippen molar-refractivity contribution in [2.24, 2.45) is 11.3 Å².